The molecule has 20 heavy (non-hydrogen) atoms. The fraction of sp³-hybridized carbons (Fsp3) is 1.00. The highest BCUT2D eigenvalue weighted by Gasteiger charge is 2.23. The molecule has 1 heterocycles. The second kappa shape index (κ2) is 12.0. The minimum absolute atomic E-state index is 0.722. The molecule has 1 aliphatic heterocycles. The number of nitrogens with zero attached hydrogens (tertiary/aromatic N) is 1. The van der Waals surface area contributed by atoms with E-state index in [2.05, 4.69) is 34.7 Å². The quantitative estimate of drug-likeness (QED) is 0.327. The van der Waals surface area contributed by atoms with Crippen LogP contribution in [0.4, 0.5) is 0 Å². The van der Waals surface area contributed by atoms with Crippen molar-refractivity contribution < 1.29 is 0 Å². The van der Waals surface area contributed by atoms with Crippen LogP contribution in [0.5, 0.6) is 0 Å². The monoisotopic (exact) mass is 345 g/mol. The Kier molecular flexibility index (Phi) is 11.1. The van der Waals surface area contributed by atoms with E-state index in [1.54, 1.807) is 0 Å². The zero-order valence-corrected chi connectivity index (χ0v) is 15.5. The fourth-order valence-electron chi connectivity index (χ4n) is 3.11. The normalized spacial score (nSPS) is 24.1. The van der Waals surface area contributed by atoms with Crippen LogP contribution in [0.1, 0.15) is 84.5 Å². The third-order valence-electron chi connectivity index (χ3n) is 4.78. The van der Waals surface area contributed by atoms with Crippen molar-refractivity contribution in [1.29, 1.82) is 0 Å². The molecular formula is C18H36BrN. The van der Waals surface area contributed by atoms with E-state index in [-0.39, 0.29) is 0 Å². The summed E-state index contributed by atoms with van der Waals surface area (Å²) < 4.78 is 0. The van der Waals surface area contributed by atoms with E-state index in [1.165, 1.54) is 90.3 Å². The third-order valence-corrected chi connectivity index (χ3v) is 5.97. The van der Waals surface area contributed by atoms with Crippen LogP contribution in [0.2, 0.25) is 0 Å². The number of halogens is 1. The van der Waals surface area contributed by atoms with Gasteiger partial charge in [-0.15, -0.1) is 0 Å². The molecule has 0 aromatic heterocycles. The summed E-state index contributed by atoms with van der Waals surface area (Å²) in [5.41, 5.74) is 0. The van der Waals surface area contributed by atoms with Gasteiger partial charge in [0.1, 0.15) is 0 Å². The predicted molar refractivity (Wildman–Crippen MR) is 94.8 cm³/mol. The molecule has 1 nitrogen and oxygen atoms in total. The minimum Gasteiger partial charge on any atom is -0.302 e. The highest BCUT2D eigenvalue weighted by molar-refractivity contribution is 9.09. The van der Waals surface area contributed by atoms with Crippen molar-refractivity contribution in [3.05, 3.63) is 0 Å². The fourth-order valence-corrected chi connectivity index (χ4v) is 3.78. The van der Waals surface area contributed by atoms with Crippen LogP contribution in [0.15, 0.2) is 0 Å². The topological polar surface area (TPSA) is 3.24 Å². The third kappa shape index (κ3) is 8.67. The molecule has 0 aromatic carbocycles. The van der Waals surface area contributed by atoms with Crippen molar-refractivity contribution in [3.63, 3.8) is 0 Å². The van der Waals surface area contributed by atoms with E-state index >= 15 is 0 Å². The Morgan fingerprint density at radius 2 is 1.45 bits per heavy atom. The van der Waals surface area contributed by atoms with Gasteiger partial charge in [-0.3, -0.25) is 0 Å². The van der Waals surface area contributed by atoms with Crippen molar-refractivity contribution in [3.8, 4) is 0 Å². The Hall–Kier alpha value is 0.440. The van der Waals surface area contributed by atoms with Crippen LogP contribution in [-0.4, -0.2) is 29.4 Å². The highest BCUT2D eigenvalue weighted by atomic mass is 79.9. The molecule has 2 heteroatoms. The van der Waals surface area contributed by atoms with Crippen molar-refractivity contribution in [1.82, 2.24) is 4.90 Å². The molecule has 1 aliphatic rings. The van der Waals surface area contributed by atoms with E-state index < -0.39 is 0 Å². The van der Waals surface area contributed by atoms with Gasteiger partial charge >= 0.3 is 0 Å². The van der Waals surface area contributed by atoms with Crippen LogP contribution in [0.3, 0.4) is 0 Å². The van der Waals surface area contributed by atoms with Gasteiger partial charge in [0, 0.05) is 11.4 Å². The minimum atomic E-state index is 0.722. The first-order valence-electron chi connectivity index (χ1n) is 9.10. The van der Waals surface area contributed by atoms with Gasteiger partial charge in [-0.25, -0.2) is 0 Å². The largest absolute Gasteiger partial charge is 0.302 e. The second-order valence-electron chi connectivity index (χ2n) is 6.76. The molecule has 0 N–H and O–H groups in total. The Bertz CT molecular complexity index is 219. The number of unbranched alkanes of at least 4 members (excludes halogenated alkanes) is 9. The summed E-state index contributed by atoms with van der Waals surface area (Å²) >= 11 is 3.82. The number of likely N-dealkylation sites (tertiary alicyclic amines) is 1. The van der Waals surface area contributed by atoms with E-state index in [9.17, 15) is 0 Å². The van der Waals surface area contributed by atoms with Crippen LogP contribution < -0.4 is 0 Å². The van der Waals surface area contributed by atoms with Gasteiger partial charge in [0.05, 0.1) is 0 Å². The van der Waals surface area contributed by atoms with Crippen molar-refractivity contribution in [2.45, 2.75) is 89.3 Å². The molecule has 2 unspecified atom stereocenters. The summed E-state index contributed by atoms with van der Waals surface area (Å²) in [5.74, 6) is 0.860. The molecule has 0 aliphatic carbocycles. The number of piperidine rings is 1. The molecule has 0 amide bonds. The van der Waals surface area contributed by atoms with E-state index in [1.807, 2.05) is 0 Å². The molecule has 0 aromatic rings. The maximum Gasteiger partial charge on any atom is 0.0299 e. The van der Waals surface area contributed by atoms with Crippen LogP contribution in [0, 0.1) is 5.92 Å². The van der Waals surface area contributed by atoms with Crippen LogP contribution in [-0.2, 0) is 0 Å². The van der Waals surface area contributed by atoms with Gasteiger partial charge in [0.25, 0.3) is 0 Å². The van der Waals surface area contributed by atoms with Crippen molar-refractivity contribution >= 4 is 15.9 Å². The lowest BCUT2D eigenvalue weighted by Crippen LogP contribution is -2.40. The summed E-state index contributed by atoms with van der Waals surface area (Å²) in [6.45, 7) is 8.57. The molecule has 120 valence electrons. The lowest BCUT2D eigenvalue weighted by molar-refractivity contribution is 0.197. The standard InChI is InChI=1S/C18H36BrN/c1-3-4-5-6-7-8-9-10-11-12-14-20-15-13-17(2)18(19)16-20/h17-18H,3-16H2,1-2H3. The van der Waals surface area contributed by atoms with Gasteiger partial charge in [0.2, 0.25) is 0 Å². The van der Waals surface area contributed by atoms with Crippen molar-refractivity contribution in [2.24, 2.45) is 5.92 Å². The summed E-state index contributed by atoms with van der Waals surface area (Å²) in [4.78, 5) is 3.38. The molecule has 0 radical (unpaired) electrons. The SMILES string of the molecule is CCCCCCCCCCCCN1CCC(C)C(Br)C1. The van der Waals surface area contributed by atoms with E-state index in [0.29, 0.717) is 0 Å². The molecule has 1 saturated heterocycles. The zero-order valence-electron chi connectivity index (χ0n) is 13.9. The molecule has 1 fully saturated rings. The van der Waals surface area contributed by atoms with Gasteiger partial charge in [-0.2, -0.15) is 0 Å². The summed E-state index contributed by atoms with van der Waals surface area (Å²) in [7, 11) is 0. The van der Waals surface area contributed by atoms with Crippen LogP contribution in [0.25, 0.3) is 0 Å². The molecule has 0 bridgehead atoms. The van der Waals surface area contributed by atoms with Gasteiger partial charge < -0.3 is 4.90 Å². The Labute approximate surface area is 136 Å². The van der Waals surface area contributed by atoms with Gasteiger partial charge in [0.15, 0.2) is 0 Å². The number of alkyl halides is 1. The number of rotatable bonds is 11. The first-order chi connectivity index (χ1) is 9.74. The van der Waals surface area contributed by atoms with Gasteiger partial charge in [-0.1, -0.05) is 87.6 Å². The summed E-state index contributed by atoms with van der Waals surface area (Å²) in [6, 6.07) is 0. The zero-order chi connectivity index (χ0) is 14.6. The predicted octanol–water partition coefficient (Wildman–Crippen LogP) is 6.01. The van der Waals surface area contributed by atoms with Gasteiger partial charge in [-0.05, 0) is 31.8 Å². The molecular weight excluding hydrogens is 310 g/mol. The summed E-state index contributed by atoms with van der Waals surface area (Å²) in [5, 5.41) is 0. The lowest BCUT2D eigenvalue weighted by Gasteiger charge is -2.34. The Morgan fingerprint density at radius 3 is 2.00 bits per heavy atom. The molecule has 1 rings (SSSR count). The van der Waals surface area contributed by atoms with E-state index in [4.69, 9.17) is 0 Å². The molecule has 2 atom stereocenters. The Morgan fingerprint density at radius 1 is 0.900 bits per heavy atom. The van der Waals surface area contributed by atoms with E-state index in [0.717, 1.165) is 10.7 Å². The smallest absolute Gasteiger partial charge is 0.0299 e. The average molecular weight is 346 g/mol. The number of hydrogen-bond donors (Lipinski definition) is 0. The number of hydrogen-bond acceptors (Lipinski definition) is 1. The second-order valence-corrected chi connectivity index (χ2v) is 7.94. The van der Waals surface area contributed by atoms with Crippen LogP contribution >= 0.6 is 15.9 Å². The first-order valence-corrected chi connectivity index (χ1v) is 10.0. The lowest BCUT2D eigenvalue weighted by atomic mass is 9.99. The first kappa shape index (κ1) is 18.5. The average Bonchev–Trinajstić information content (AvgIpc) is 2.45. The highest BCUT2D eigenvalue weighted by Crippen LogP contribution is 2.23. The summed E-state index contributed by atoms with van der Waals surface area (Å²) in [6.07, 6.45) is 15.8. The maximum atomic E-state index is 3.82. The molecule has 0 saturated carbocycles. The molecule has 0 spiro atoms. The maximum absolute atomic E-state index is 3.82. The van der Waals surface area contributed by atoms with Crippen molar-refractivity contribution in [2.75, 3.05) is 19.6 Å². The Balaban J connectivity index is 1.83.